The van der Waals surface area contributed by atoms with Crippen LogP contribution in [0.2, 0.25) is 5.04 Å². The molecule has 1 N–H and O–H groups in total. The Morgan fingerprint density at radius 1 is 1.40 bits per heavy atom. The fourth-order valence-corrected chi connectivity index (χ4v) is 2.18. The van der Waals surface area contributed by atoms with E-state index in [9.17, 15) is 4.79 Å². The summed E-state index contributed by atoms with van der Waals surface area (Å²) in [7, 11) is 0.493. The second kappa shape index (κ2) is 4.98. The predicted molar refractivity (Wildman–Crippen MR) is 59.2 cm³/mol. The summed E-state index contributed by atoms with van der Waals surface area (Å²) < 4.78 is 5.78. The van der Waals surface area contributed by atoms with Crippen LogP contribution in [-0.4, -0.2) is 45.1 Å². The van der Waals surface area contributed by atoms with Crippen LogP contribution in [0.4, 0.5) is 4.79 Å². The molecule has 15 heavy (non-hydrogen) atoms. The molecule has 0 aliphatic carbocycles. The zero-order valence-corrected chi connectivity index (χ0v) is 10.6. The van der Waals surface area contributed by atoms with E-state index >= 15 is 0 Å². The van der Waals surface area contributed by atoms with E-state index in [1.165, 1.54) is 4.90 Å². The molecule has 1 heterocycles. The number of amides is 1. The van der Waals surface area contributed by atoms with Crippen LogP contribution in [0.5, 0.6) is 0 Å². The molecule has 0 bridgehead atoms. The van der Waals surface area contributed by atoms with Crippen molar-refractivity contribution in [3.63, 3.8) is 0 Å². The third kappa shape index (κ3) is 4.66. The summed E-state index contributed by atoms with van der Waals surface area (Å²) in [6, 6.07) is 0. The van der Waals surface area contributed by atoms with Crippen molar-refractivity contribution in [3.05, 3.63) is 0 Å². The summed E-state index contributed by atoms with van der Waals surface area (Å²) >= 11 is 0. The van der Waals surface area contributed by atoms with Crippen molar-refractivity contribution in [2.24, 2.45) is 0 Å². The van der Waals surface area contributed by atoms with Gasteiger partial charge in [-0.3, -0.25) is 0 Å². The van der Waals surface area contributed by atoms with Gasteiger partial charge in [0.15, 0.2) is 0 Å². The molecule has 1 fully saturated rings. The van der Waals surface area contributed by atoms with Crippen molar-refractivity contribution >= 4 is 15.9 Å². The van der Waals surface area contributed by atoms with Crippen molar-refractivity contribution in [1.29, 1.82) is 0 Å². The fraction of sp³-hybridized carbons (Fsp3) is 0.900. The van der Waals surface area contributed by atoms with Crippen LogP contribution in [0.1, 0.15) is 33.6 Å². The van der Waals surface area contributed by atoms with Crippen molar-refractivity contribution in [2.75, 3.05) is 13.1 Å². The molecule has 2 radical (unpaired) electrons. The Bertz CT molecular complexity index is 219. The molecule has 0 aromatic carbocycles. The Labute approximate surface area is 93.5 Å². The average molecular weight is 229 g/mol. The molecule has 0 aromatic heterocycles. The van der Waals surface area contributed by atoms with Gasteiger partial charge in [-0.25, -0.2) is 4.79 Å². The summed E-state index contributed by atoms with van der Waals surface area (Å²) in [5.41, 5.74) is 0. The third-order valence-electron chi connectivity index (χ3n) is 2.24. The van der Waals surface area contributed by atoms with Crippen molar-refractivity contribution in [2.45, 2.75) is 44.8 Å². The Morgan fingerprint density at radius 3 is 2.33 bits per heavy atom. The van der Waals surface area contributed by atoms with Gasteiger partial charge in [0, 0.05) is 19.2 Å². The zero-order valence-electron chi connectivity index (χ0n) is 9.62. The van der Waals surface area contributed by atoms with Crippen LogP contribution in [0.15, 0.2) is 0 Å². The smallest absolute Gasteiger partial charge is 0.407 e. The van der Waals surface area contributed by atoms with E-state index in [2.05, 4.69) is 20.8 Å². The molecule has 0 atom stereocenters. The maximum Gasteiger partial charge on any atom is 0.407 e. The zero-order chi connectivity index (χ0) is 11.5. The minimum absolute atomic E-state index is 0.212. The molecule has 86 valence electrons. The fourth-order valence-electron chi connectivity index (χ4n) is 1.43. The lowest BCUT2D eigenvalue weighted by atomic mass is 10.1. The van der Waals surface area contributed by atoms with Gasteiger partial charge in [0.2, 0.25) is 9.76 Å². The van der Waals surface area contributed by atoms with E-state index in [1.807, 2.05) is 0 Å². The van der Waals surface area contributed by atoms with Crippen LogP contribution in [0.25, 0.3) is 0 Å². The lowest BCUT2D eigenvalue weighted by Crippen LogP contribution is -2.40. The first-order valence-corrected chi connectivity index (χ1v) is 6.20. The van der Waals surface area contributed by atoms with E-state index in [-0.39, 0.29) is 11.1 Å². The lowest BCUT2D eigenvalue weighted by molar-refractivity contribution is 0.0896. The molecule has 1 aliphatic heterocycles. The molecular formula is C10H19NO3Si. The van der Waals surface area contributed by atoms with Gasteiger partial charge in [0.1, 0.15) is 0 Å². The molecule has 0 saturated carbocycles. The maximum atomic E-state index is 10.7. The number of piperidine rings is 1. The summed E-state index contributed by atoms with van der Waals surface area (Å²) in [5.74, 6) is 0. The van der Waals surface area contributed by atoms with Gasteiger partial charge in [-0.15, -0.1) is 0 Å². The Hall–Kier alpha value is -0.553. The van der Waals surface area contributed by atoms with Crippen molar-refractivity contribution in [3.8, 4) is 0 Å². The van der Waals surface area contributed by atoms with E-state index in [0.717, 1.165) is 12.8 Å². The Kier molecular flexibility index (Phi) is 4.16. The molecule has 0 unspecified atom stereocenters. The Morgan fingerprint density at radius 2 is 1.93 bits per heavy atom. The highest BCUT2D eigenvalue weighted by Crippen LogP contribution is 2.23. The molecule has 0 spiro atoms. The number of rotatable bonds is 2. The van der Waals surface area contributed by atoms with Gasteiger partial charge in [-0.1, -0.05) is 20.8 Å². The van der Waals surface area contributed by atoms with Gasteiger partial charge in [-0.05, 0) is 17.9 Å². The molecule has 1 amide bonds. The van der Waals surface area contributed by atoms with Gasteiger partial charge in [0.05, 0.1) is 0 Å². The van der Waals surface area contributed by atoms with Gasteiger partial charge >= 0.3 is 6.09 Å². The molecule has 0 aromatic rings. The first kappa shape index (κ1) is 12.5. The van der Waals surface area contributed by atoms with Crippen LogP contribution in [0, 0.1) is 0 Å². The van der Waals surface area contributed by atoms with Gasteiger partial charge < -0.3 is 14.4 Å². The van der Waals surface area contributed by atoms with E-state index < -0.39 is 6.09 Å². The van der Waals surface area contributed by atoms with E-state index in [1.54, 1.807) is 0 Å². The molecule has 4 nitrogen and oxygen atoms in total. The lowest BCUT2D eigenvalue weighted by Gasteiger charge is -2.31. The minimum atomic E-state index is -0.813. The summed E-state index contributed by atoms with van der Waals surface area (Å²) in [6.07, 6.45) is 1.09. The van der Waals surface area contributed by atoms with Crippen LogP contribution < -0.4 is 0 Å². The van der Waals surface area contributed by atoms with Crippen LogP contribution >= 0.6 is 0 Å². The third-order valence-corrected chi connectivity index (χ3v) is 3.31. The van der Waals surface area contributed by atoms with Crippen LogP contribution in [-0.2, 0) is 4.43 Å². The van der Waals surface area contributed by atoms with Gasteiger partial charge in [-0.2, -0.15) is 0 Å². The van der Waals surface area contributed by atoms with Gasteiger partial charge in [0.25, 0.3) is 0 Å². The maximum absolute atomic E-state index is 10.7. The number of hydrogen-bond acceptors (Lipinski definition) is 2. The molecule has 1 aliphatic rings. The number of carbonyl (C=O) groups is 1. The normalized spacial score (nSPS) is 19.3. The number of likely N-dealkylation sites (tertiary alicyclic amines) is 1. The first-order valence-electron chi connectivity index (χ1n) is 5.29. The van der Waals surface area contributed by atoms with Crippen molar-refractivity contribution < 1.29 is 14.3 Å². The molecule has 5 heteroatoms. The van der Waals surface area contributed by atoms with E-state index in [4.69, 9.17) is 9.53 Å². The van der Waals surface area contributed by atoms with E-state index in [0.29, 0.717) is 22.9 Å². The predicted octanol–water partition coefficient (Wildman–Crippen LogP) is 1.98. The number of nitrogens with zero attached hydrogens (tertiary/aromatic N) is 1. The minimum Gasteiger partial charge on any atom is -0.465 e. The SMILES string of the molecule is CC(C)(C)[Si]OC1CCN(C(=O)O)CC1. The number of hydrogen-bond donors (Lipinski definition) is 1. The monoisotopic (exact) mass is 229 g/mol. The summed E-state index contributed by atoms with van der Waals surface area (Å²) in [5, 5.41) is 8.98. The summed E-state index contributed by atoms with van der Waals surface area (Å²) in [6.45, 7) is 7.66. The standard InChI is InChI=1S/C10H19NO3Si/c1-10(2,3)15-14-8-4-6-11(7-5-8)9(12)13/h8H,4-7H2,1-3H3,(H,12,13). The molecular weight excluding hydrogens is 210 g/mol. The highest BCUT2D eigenvalue weighted by molar-refractivity contribution is 6.31. The van der Waals surface area contributed by atoms with Crippen LogP contribution in [0.3, 0.4) is 0 Å². The topological polar surface area (TPSA) is 49.8 Å². The second-order valence-corrected chi connectivity index (χ2v) is 6.88. The highest BCUT2D eigenvalue weighted by atomic mass is 28.2. The molecule has 1 rings (SSSR count). The quantitative estimate of drug-likeness (QED) is 0.737. The average Bonchev–Trinajstić information content (AvgIpc) is 2.14. The highest BCUT2D eigenvalue weighted by Gasteiger charge is 2.24. The number of carboxylic acid groups (broad SMARTS) is 1. The largest absolute Gasteiger partial charge is 0.465 e. The van der Waals surface area contributed by atoms with Crippen molar-refractivity contribution in [1.82, 2.24) is 4.90 Å². The second-order valence-electron chi connectivity index (χ2n) is 4.94. The molecule has 1 saturated heterocycles. The summed E-state index contributed by atoms with van der Waals surface area (Å²) in [4.78, 5) is 12.1. The Balaban J connectivity index is 2.23. The first-order chi connectivity index (χ1) is 6.88.